The van der Waals surface area contributed by atoms with Crippen molar-refractivity contribution in [3.8, 4) is 11.5 Å². The molecule has 12 heteroatoms. The third-order valence-electron chi connectivity index (χ3n) is 6.28. The molecule has 0 bridgehead atoms. The molecule has 0 spiro atoms. The van der Waals surface area contributed by atoms with Gasteiger partial charge in [-0.25, -0.2) is 10.2 Å². The van der Waals surface area contributed by atoms with E-state index in [0.717, 1.165) is 24.0 Å². The highest BCUT2D eigenvalue weighted by molar-refractivity contribution is 14.1. The summed E-state index contributed by atoms with van der Waals surface area (Å²) in [4.78, 5) is 25.3. The fourth-order valence-electron chi connectivity index (χ4n) is 4.24. The number of hydrazone groups is 1. The zero-order valence-electron chi connectivity index (χ0n) is 23.7. The fraction of sp³-hybridized carbons (Fsp3) is 0.226. The number of para-hydroxylation sites is 1. The van der Waals surface area contributed by atoms with Crippen LogP contribution in [-0.2, 0) is 20.9 Å². The lowest BCUT2D eigenvalue weighted by Crippen LogP contribution is -2.45. The highest BCUT2D eigenvalue weighted by Gasteiger charge is 2.32. The number of rotatable bonds is 11. The Bertz CT molecular complexity index is 1550. The van der Waals surface area contributed by atoms with E-state index in [-0.39, 0.29) is 13.2 Å². The van der Waals surface area contributed by atoms with Gasteiger partial charge in [0.1, 0.15) is 18.1 Å². The lowest BCUT2D eigenvalue weighted by atomic mass is 9.95. The van der Waals surface area contributed by atoms with Crippen molar-refractivity contribution in [3.63, 3.8) is 0 Å². The van der Waals surface area contributed by atoms with E-state index < -0.39 is 17.9 Å². The molecule has 0 saturated heterocycles. The smallest absolute Gasteiger partial charge is 0.338 e. The van der Waals surface area contributed by atoms with Gasteiger partial charge in [-0.15, -0.1) is 0 Å². The minimum absolute atomic E-state index is 0.232. The van der Waals surface area contributed by atoms with E-state index in [1.54, 1.807) is 38.3 Å². The molecule has 0 saturated carbocycles. The minimum Gasteiger partial charge on any atom is -0.487 e. The number of nitrogens with one attached hydrogen (secondary N) is 3. The number of nitrogens with zero attached hydrogens (tertiary/aromatic N) is 1. The van der Waals surface area contributed by atoms with E-state index >= 15 is 0 Å². The summed E-state index contributed by atoms with van der Waals surface area (Å²) in [6.07, 6.45) is 1.57. The number of hydrogen-bond acceptors (Lipinski definition) is 7. The molecule has 3 aromatic carbocycles. The first-order chi connectivity index (χ1) is 20.7. The summed E-state index contributed by atoms with van der Waals surface area (Å²) >= 11 is 9.79. The van der Waals surface area contributed by atoms with Gasteiger partial charge in [0.15, 0.2) is 11.7 Å². The molecule has 0 unspecified atom stereocenters. The number of ether oxygens (including phenoxy) is 3. The Morgan fingerprint density at radius 3 is 2.44 bits per heavy atom. The van der Waals surface area contributed by atoms with Crippen LogP contribution in [0, 0.1) is 14.1 Å². The molecular weight excluding hydrogens is 794 g/mol. The summed E-state index contributed by atoms with van der Waals surface area (Å²) in [5.74, 6) is 0.308. The Hall–Kier alpha value is -3.24. The Balaban J connectivity index is 1.37. The molecule has 1 amide bonds. The van der Waals surface area contributed by atoms with Gasteiger partial charge in [0.05, 0.1) is 31.6 Å². The maximum Gasteiger partial charge on any atom is 0.338 e. The van der Waals surface area contributed by atoms with Crippen LogP contribution >= 0.6 is 57.4 Å². The zero-order valence-corrected chi connectivity index (χ0v) is 28.8. The zero-order chi connectivity index (χ0) is 30.9. The van der Waals surface area contributed by atoms with E-state index in [1.165, 1.54) is 5.56 Å². The second-order valence-corrected chi connectivity index (χ2v) is 12.2. The van der Waals surface area contributed by atoms with Crippen molar-refractivity contribution in [1.29, 1.82) is 0 Å². The third kappa shape index (κ3) is 8.89. The molecule has 1 aliphatic rings. The number of hydrogen-bond donors (Lipinski definition) is 3. The summed E-state index contributed by atoms with van der Waals surface area (Å²) in [6.45, 7) is 5.97. The van der Waals surface area contributed by atoms with Gasteiger partial charge < -0.3 is 24.8 Å². The van der Waals surface area contributed by atoms with Gasteiger partial charge in [-0.05, 0) is 107 Å². The average molecular weight is 824 g/mol. The van der Waals surface area contributed by atoms with Gasteiger partial charge in [0, 0.05) is 11.3 Å². The Morgan fingerprint density at radius 1 is 1.05 bits per heavy atom. The molecule has 1 aliphatic heterocycles. The number of halogens is 2. The molecule has 1 atom stereocenters. The third-order valence-corrected chi connectivity index (χ3v) is 8.10. The van der Waals surface area contributed by atoms with Crippen molar-refractivity contribution in [2.75, 3.05) is 13.2 Å². The molecular formula is C31H30I2N4O5S. The molecule has 3 aromatic rings. The maximum absolute atomic E-state index is 12.7. The van der Waals surface area contributed by atoms with Crippen LogP contribution in [-0.4, -0.2) is 36.4 Å². The van der Waals surface area contributed by atoms with Crippen LogP contribution in [0.2, 0.25) is 0 Å². The number of carbonyl (C=O) groups is 2. The van der Waals surface area contributed by atoms with Crippen LogP contribution in [0.5, 0.6) is 11.5 Å². The number of esters is 1. The molecule has 1 heterocycles. The molecule has 4 rings (SSSR count). The lowest BCUT2D eigenvalue weighted by molar-refractivity contribution is -0.139. The van der Waals surface area contributed by atoms with E-state index in [0.29, 0.717) is 34.3 Å². The number of allylic oxidation sites excluding steroid dienone is 1. The van der Waals surface area contributed by atoms with E-state index in [9.17, 15) is 9.59 Å². The fourth-order valence-corrected chi connectivity index (χ4v) is 6.64. The van der Waals surface area contributed by atoms with Crippen molar-refractivity contribution in [3.05, 3.63) is 101 Å². The topological polar surface area (TPSA) is 110 Å². The quantitative estimate of drug-likeness (QED) is 0.0748. The van der Waals surface area contributed by atoms with Crippen LogP contribution in [0.3, 0.4) is 0 Å². The maximum atomic E-state index is 12.7. The lowest BCUT2D eigenvalue weighted by Gasteiger charge is -2.30. The van der Waals surface area contributed by atoms with Gasteiger partial charge in [0.2, 0.25) is 0 Å². The van der Waals surface area contributed by atoms with Crippen molar-refractivity contribution < 1.29 is 23.8 Å². The van der Waals surface area contributed by atoms with Crippen LogP contribution < -0.4 is 25.5 Å². The summed E-state index contributed by atoms with van der Waals surface area (Å²) in [5, 5.41) is 10.5. The molecule has 43 heavy (non-hydrogen) atoms. The molecule has 0 aliphatic carbocycles. The normalized spacial score (nSPS) is 14.6. The van der Waals surface area contributed by atoms with E-state index in [2.05, 4.69) is 97.5 Å². The number of thiocarbonyl (C=S) groups is 1. The predicted molar refractivity (Wildman–Crippen MR) is 186 cm³/mol. The number of carbonyl (C=O) groups excluding carboxylic acids is 2. The SMILES string of the molecule is CCOC(=O)C1=C(C)NC(=S)N[C@H]1c1ccccc1OCC(=O)NN=Cc1cc(I)c(OCc2ccc(C)cc2)c(I)c1. The second-order valence-electron chi connectivity index (χ2n) is 9.50. The Morgan fingerprint density at radius 2 is 1.74 bits per heavy atom. The predicted octanol–water partition coefficient (Wildman–Crippen LogP) is 5.67. The first kappa shape index (κ1) is 32.7. The molecule has 224 valence electrons. The monoisotopic (exact) mass is 824 g/mol. The van der Waals surface area contributed by atoms with Gasteiger partial charge >= 0.3 is 5.97 Å². The standard InChI is InChI=1S/C31H30I2N4O5S/c1-4-40-30(39)27-19(3)35-31(43)36-28(27)22-7-5-6-8-25(22)41-17-26(38)37-34-15-21-13-23(32)29(24(33)14-21)42-16-20-11-9-18(2)10-12-20/h5-15,28H,4,16-17H2,1-3H3,(H,37,38)(H2,35,36,43)/t28-/m0/s1. The van der Waals surface area contributed by atoms with Crippen molar-refractivity contribution in [2.45, 2.75) is 33.4 Å². The van der Waals surface area contributed by atoms with Crippen molar-refractivity contribution in [2.24, 2.45) is 5.10 Å². The number of amides is 1. The van der Waals surface area contributed by atoms with Gasteiger partial charge in [-0.1, -0.05) is 48.0 Å². The van der Waals surface area contributed by atoms with E-state index in [1.807, 2.05) is 18.2 Å². The Kier molecular flexibility index (Phi) is 11.8. The van der Waals surface area contributed by atoms with Crippen LogP contribution in [0.1, 0.15) is 42.1 Å². The molecule has 0 fully saturated rings. The van der Waals surface area contributed by atoms with Crippen molar-refractivity contribution in [1.82, 2.24) is 16.1 Å². The van der Waals surface area contributed by atoms with Gasteiger partial charge in [0.25, 0.3) is 5.91 Å². The summed E-state index contributed by atoms with van der Waals surface area (Å²) in [6, 6.07) is 18.6. The summed E-state index contributed by atoms with van der Waals surface area (Å²) in [7, 11) is 0. The van der Waals surface area contributed by atoms with Crippen LogP contribution in [0.25, 0.3) is 0 Å². The average Bonchev–Trinajstić information content (AvgIpc) is 2.96. The molecule has 0 radical (unpaired) electrons. The minimum atomic E-state index is -0.612. The molecule has 3 N–H and O–H groups in total. The highest BCUT2D eigenvalue weighted by Crippen LogP contribution is 2.34. The summed E-state index contributed by atoms with van der Waals surface area (Å²) in [5.41, 5.74) is 7.22. The van der Waals surface area contributed by atoms with Gasteiger partial charge in [-0.3, -0.25) is 4.79 Å². The Labute approximate surface area is 283 Å². The van der Waals surface area contributed by atoms with E-state index in [4.69, 9.17) is 26.4 Å². The number of aryl methyl sites for hydroxylation is 1. The molecule has 9 nitrogen and oxygen atoms in total. The first-order valence-electron chi connectivity index (χ1n) is 13.3. The molecule has 0 aromatic heterocycles. The summed E-state index contributed by atoms with van der Waals surface area (Å²) < 4.78 is 19.1. The largest absolute Gasteiger partial charge is 0.487 e. The van der Waals surface area contributed by atoms with Gasteiger partial charge in [-0.2, -0.15) is 5.10 Å². The van der Waals surface area contributed by atoms with Crippen molar-refractivity contribution >= 4 is 80.6 Å². The highest BCUT2D eigenvalue weighted by atomic mass is 127. The first-order valence-corrected chi connectivity index (χ1v) is 15.9. The van der Waals surface area contributed by atoms with Crippen LogP contribution in [0.15, 0.2) is 77.0 Å². The van der Waals surface area contributed by atoms with Crippen LogP contribution in [0.4, 0.5) is 0 Å². The second kappa shape index (κ2) is 15.5. The number of benzene rings is 3.